The Morgan fingerprint density at radius 2 is 1.90 bits per heavy atom. The van der Waals surface area contributed by atoms with Crippen molar-refractivity contribution >= 4 is 19.2 Å². The highest BCUT2D eigenvalue weighted by Crippen LogP contribution is 2.28. The third kappa shape index (κ3) is 4.97. The van der Waals surface area contributed by atoms with E-state index in [1.54, 1.807) is 0 Å². The van der Waals surface area contributed by atoms with Crippen molar-refractivity contribution in [3.63, 3.8) is 0 Å². The number of para-hydroxylation sites is 1. The van der Waals surface area contributed by atoms with Crippen LogP contribution in [0.1, 0.15) is 27.2 Å². The Morgan fingerprint density at radius 1 is 1.19 bits per heavy atom. The van der Waals surface area contributed by atoms with E-state index in [2.05, 4.69) is 67.9 Å². The minimum absolute atomic E-state index is 0.355. The fraction of sp³-hybridized carbons (Fsp3) is 0.588. The van der Waals surface area contributed by atoms with Crippen molar-refractivity contribution in [1.29, 1.82) is 0 Å². The standard InChI is InChI=1S/C17H28N2OSi/c1-17(2,3)14-21(4,5)20-12-8-11-19-16-10-7-6-9-15(16)13-18-19/h6-7,9-10,13H,8,11-12,14H2,1-5H3. The fourth-order valence-electron chi connectivity index (χ4n) is 3.10. The Labute approximate surface area is 129 Å². The smallest absolute Gasteiger partial charge is 0.187 e. The molecule has 1 aromatic heterocycles. The first kappa shape index (κ1) is 16.2. The molecule has 116 valence electrons. The summed E-state index contributed by atoms with van der Waals surface area (Å²) in [6, 6.07) is 9.55. The molecule has 3 nitrogen and oxygen atoms in total. The van der Waals surface area contributed by atoms with Crippen molar-refractivity contribution in [2.45, 2.75) is 52.9 Å². The van der Waals surface area contributed by atoms with Crippen LogP contribution in [0.15, 0.2) is 30.5 Å². The molecular formula is C17H28N2OSi. The monoisotopic (exact) mass is 304 g/mol. The second-order valence-corrected chi connectivity index (χ2v) is 11.8. The SMILES string of the molecule is CC(C)(C)C[Si](C)(C)OCCCn1ncc2ccccc21. The Bertz CT molecular complexity index is 584. The molecule has 0 aliphatic carbocycles. The molecule has 0 saturated carbocycles. The number of aryl methyl sites for hydroxylation is 1. The zero-order valence-corrected chi connectivity index (χ0v) is 15.0. The van der Waals surface area contributed by atoms with Gasteiger partial charge in [0.2, 0.25) is 0 Å². The van der Waals surface area contributed by atoms with Gasteiger partial charge in [0.1, 0.15) is 0 Å². The van der Waals surface area contributed by atoms with E-state index < -0.39 is 8.32 Å². The van der Waals surface area contributed by atoms with Gasteiger partial charge in [-0.25, -0.2) is 0 Å². The number of hydrogen-bond acceptors (Lipinski definition) is 2. The Kier molecular flexibility index (Phi) is 4.89. The van der Waals surface area contributed by atoms with E-state index in [-0.39, 0.29) is 0 Å². The van der Waals surface area contributed by atoms with Crippen molar-refractivity contribution in [2.24, 2.45) is 5.41 Å². The average molecular weight is 305 g/mol. The third-order valence-electron chi connectivity index (χ3n) is 3.51. The highest BCUT2D eigenvalue weighted by atomic mass is 28.4. The highest BCUT2D eigenvalue weighted by molar-refractivity contribution is 6.71. The average Bonchev–Trinajstić information content (AvgIpc) is 2.75. The van der Waals surface area contributed by atoms with Crippen LogP contribution in [-0.2, 0) is 11.0 Å². The van der Waals surface area contributed by atoms with Gasteiger partial charge in [-0.3, -0.25) is 4.68 Å². The van der Waals surface area contributed by atoms with Gasteiger partial charge in [0.05, 0.1) is 11.7 Å². The van der Waals surface area contributed by atoms with Gasteiger partial charge in [-0.05, 0) is 37.0 Å². The highest BCUT2D eigenvalue weighted by Gasteiger charge is 2.28. The van der Waals surface area contributed by atoms with Gasteiger partial charge in [0.15, 0.2) is 8.32 Å². The lowest BCUT2D eigenvalue weighted by Gasteiger charge is -2.30. The van der Waals surface area contributed by atoms with Gasteiger partial charge in [-0.2, -0.15) is 5.10 Å². The molecule has 0 aliphatic rings. The molecule has 2 aromatic rings. The van der Waals surface area contributed by atoms with E-state index in [0.29, 0.717) is 5.41 Å². The van der Waals surface area contributed by atoms with Crippen molar-refractivity contribution in [2.75, 3.05) is 6.61 Å². The zero-order chi connectivity index (χ0) is 15.5. The summed E-state index contributed by atoms with van der Waals surface area (Å²) in [6.45, 7) is 13.3. The van der Waals surface area contributed by atoms with Crippen LogP contribution in [0.2, 0.25) is 19.1 Å². The number of nitrogens with zero attached hydrogens (tertiary/aromatic N) is 2. The number of aromatic nitrogens is 2. The maximum absolute atomic E-state index is 6.21. The minimum atomic E-state index is -1.54. The maximum Gasteiger partial charge on any atom is 0.187 e. The molecule has 0 saturated heterocycles. The molecule has 0 atom stereocenters. The maximum atomic E-state index is 6.21. The van der Waals surface area contributed by atoms with E-state index >= 15 is 0 Å². The summed E-state index contributed by atoms with van der Waals surface area (Å²) in [5.74, 6) is 0. The van der Waals surface area contributed by atoms with Gasteiger partial charge >= 0.3 is 0 Å². The largest absolute Gasteiger partial charge is 0.417 e. The lowest BCUT2D eigenvalue weighted by atomic mass is 10.0. The quantitative estimate of drug-likeness (QED) is 0.571. The van der Waals surface area contributed by atoms with Crippen molar-refractivity contribution in [3.05, 3.63) is 30.5 Å². The van der Waals surface area contributed by atoms with Crippen LogP contribution in [-0.4, -0.2) is 24.7 Å². The van der Waals surface area contributed by atoms with Crippen LogP contribution in [0, 0.1) is 5.41 Å². The van der Waals surface area contributed by atoms with Crippen LogP contribution < -0.4 is 0 Å². The Balaban J connectivity index is 1.82. The summed E-state index contributed by atoms with van der Waals surface area (Å²) in [7, 11) is -1.54. The molecule has 1 aromatic carbocycles. The van der Waals surface area contributed by atoms with Crippen molar-refractivity contribution in [3.8, 4) is 0 Å². The molecule has 0 spiro atoms. The van der Waals surface area contributed by atoms with E-state index in [0.717, 1.165) is 19.6 Å². The minimum Gasteiger partial charge on any atom is -0.417 e. The zero-order valence-electron chi connectivity index (χ0n) is 14.0. The molecule has 2 rings (SSSR count). The molecule has 0 N–H and O–H groups in total. The summed E-state index contributed by atoms with van der Waals surface area (Å²) in [5, 5.41) is 5.67. The van der Waals surface area contributed by atoms with E-state index in [9.17, 15) is 0 Å². The fourth-order valence-corrected chi connectivity index (χ4v) is 6.45. The number of fused-ring (bicyclic) bond motifs is 1. The lowest BCUT2D eigenvalue weighted by molar-refractivity contribution is 0.277. The summed E-state index contributed by atoms with van der Waals surface area (Å²) in [6.07, 6.45) is 2.96. The molecule has 0 unspecified atom stereocenters. The van der Waals surface area contributed by atoms with Crippen LogP contribution >= 0.6 is 0 Å². The van der Waals surface area contributed by atoms with Gasteiger partial charge < -0.3 is 4.43 Å². The summed E-state index contributed by atoms with van der Waals surface area (Å²) >= 11 is 0. The molecule has 0 fully saturated rings. The van der Waals surface area contributed by atoms with Gasteiger partial charge in [0.25, 0.3) is 0 Å². The van der Waals surface area contributed by atoms with E-state index in [4.69, 9.17) is 4.43 Å². The first-order chi connectivity index (χ1) is 9.77. The second-order valence-electron chi connectivity index (χ2n) is 7.63. The number of rotatable bonds is 6. The first-order valence-electron chi connectivity index (χ1n) is 7.81. The van der Waals surface area contributed by atoms with Crippen LogP contribution in [0.25, 0.3) is 10.9 Å². The molecule has 21 heavy (non-hydrogen) atoms. The summed E-state index contributed by atoms with van der Waals surface area (Å²) in [5.41, 5.74) is 1.57. The van der Waals surface area contributed by atoms with Gasteiger partial charge in [0, 0.05) is 18.5 Å². The third-order valence-corrected chi connectivity index (χ3v) is 6.41. The predicted molar refractivity (Wildman–Crippen MR) is 92.0 cm³/mol. The second kappa shape index (κ2) is 6.32. The molecule has 4 heteroatoms. The van der Waals surface area contributed by atoms with Crippen LogP contribution in [0.5, 0.6) is 0 Å². The number of benzene rings is 1. The lowest BCUT2D eigenvalue weighted by Crippen LogP contribution is -2.35. The van der Waals surface area contributed by atoms with Crippen LogP contribution in [0.3, 0.4) is 0 Å². The topological polar surface area (TPSA) is 27.1 Å². The molecule has 0 radical (unpaired) electrons. The summed E-state index contributed by atoms with van der Waals surface area (Å²) < 4.78 is 8.29. The van der Waals surface area contributed by atoms with Crippen molar-refractivity contribution in [1.82, 2.24) is 9.78 Å². The van der Waals surface area contributed by atoms with E-state index in [1.807, 2.05) is 6.20 Å². The Morgan fingerprint density at radius 3 is 2.62 bits per heavy atom. The number of hydrogen-bond donors (Lipinski definition) is 0. The van der Waals surface area contributed by atoms with Gasteiger partial charge in [-0.1, -0.05) is 39.0 Å². The summed E-state index contributed by atoms with van der Waals surface area (Å²) in [4.78, 5) is 0. The first-order valence-corrected chi connectivity index (χ1v) is 10.9. The molecular weight excluding hydrogens is 276 g/mol. The normalized spacial score (nSPS) is 13.0. The molecule has 0 bridgehead atoms. The Hall–Kier alpha value is -1.13. The molecule has 0 aliphatic heterocycles. The van der Waals surface area contributed by atoms with E-state index in [1.165, 1.54) is 16.9 Å². The molecule has 0 amide bonds. The van der Waals surface area contributed by atoms with Crippen LogP contribution in [0.4, 0.5) is 0 Å². The van der Waals surface area contributed by atoms with Gasteiger partial charge in [-0.15, -0.1) is 0 Å². The predicted octanol–water partition coefficient (Wildman–Crippen LogP) is 4.69. The molecule has 1 heterocycles. The van der Waals surface area contributed by atoms with Crippen molar-refractivity contribution < 1.29 is 4.43 Å².